The Morgan fingerprint density at radius 1 is 1.48 bits per heavy atom. The summed E-state index contributed by atoms with van der Waals surface area (Å²) in [7, 11) is 0. The van der Waals surface area contributed by atoms with E-state index in [-0.39, 0.29) is 11.9 Å². The van der Waals surface area contributed by atoms with Crippen LogP contribution < -0.4 is 10.1 Å². The van der Waals surface area contributed by atoms with Crippen LogP contribution in [0.15, 0.2) is 24.3 Å². The van der Waals surface area contributed by atoms with Crippen LogP contribution in [0.2, 0.25) is 0 Å². The Morgan fingerprint density at radius 2 is 2.33 bits per heavy atom. The fraction of sp³-hybridized carbons (Fsp3) is 0.429. The van der Waals surface area contributed by atoms with Crippen molar-refractivity contribution in [1.29, 1.82) is 0 Å². The van der Waals surface area contributed by atoms with Crippen LogP contribution >= 0.6 is 0 Å². The van der Waals surface area contributed by atoms with E-state index in [4.69, 9.17) is 4.74 Å². The van der Waals surface area contributed by atoms with Crippen molar-refractivity contribution in [2.75, 3.05) is 6.61 Å². The molecule has 2 rings (SSSR count). The highest BCUT2D eigenvalue weighted by Crippen LogP contribution is 2.12. The first-order valence-corrected chi connectivity index (χ1v) is 6.87. The van der Waals surface area contributed by atoms with Crippen LogP contribution in [0.4, 0.5) is 0 Å². The predicted molar refractivity (Wildman–Crippen MR) is 76.6 cm³/mol. The average Bonchev–Trinajstić information content (AvgIpc) is 2.98. The molecule has 0 bridgehead atoms. The second-order valence-electron chi connectivity index (χ2n) is 4.83. The van der Waals surface area contributed by atoms with E-state index in [1.165, 1.54) is 0 Å². The first kappa shape index (κ1) is 15.0. The third kappa shape index (κ3) is 4.87. The Balaban J connectivity index is 1.65. The van der Waals surface area contributed by atoms with Gasteiger partial charge in [-0.05, 0) is 38.0 Å². The highest BCUT2D eigenvalue weighted by atomic mass is 16.5. The number of amides is 1. The maximum absolute atomic E-state index is 11.8. The molecule has 0 aliphatic rings. The van der Waals surface area contributed by atoms with Crippen molar-refractivity contribution in [3.05, 3.63) is 35.7 Å². The van der Waals surface area contributed by atoms with Crippen LogP contribution in [0, 0.1) is 6.92 Å². The fourth-order valence-electron chi connectivity index (χ4n) is 1.86. The third-order valence-electron chi connectivity index (χ3n) is 2.93. The molecule has 0 saturated heterocycles. The summed E-state index contributed by atoms with van der Waals surface area (Å²) in [6.45, 7) is 4.33. The largest absolute Gasteiger partial charge is 0.494 e. The molecule has 1 aromatic carbocycles. The van der Waals surface area contributed by atoms with Gasteiger partial charge >= 0.3 is 0 Å². The summed E-state index contributed by atoms with van der Waals surface area (Å²) in [5.74, 6) is 1.25. The van der Waals surface area contributed by atoms with E-state index in [9.17, 15) is 4.79 Å². The molecule has 0 aliphatic heterocycles. The van der Waals surface area contributed by atoms with Crippen molar-refractivity contribution in [3.63, 3.8) is 0 Å². The van der Waals surface area contributed by atoms with Gasteiger partial charge in [0.2, 0.25) is 5.91 Å². The van der Waals surface area contributed by atoms with Crippen LogP contribution in [0.5, 0.6) is 5.75 Å². The van der Waals surface area contributed by atoms with Gasteiger partial charge < -0.3 is 10.1 Å². The number of hydrogen-bond acceptors (Lipinski definition) is 5. The molecule has 0 spiro atoms. The minimum Gasteiger partial charge on any atom is -0.494 e. The third-order valence-corrected chi connectivity index (χ3v) is 2.93. The number of nitrogens with zero attached hydrogens (tertiary/aromatic N) is 3. The molecule has 1 unspecified atom stereocenters. The van der Waals surface area contributed by atoms with Gasteiger partial charge in [0.15, 0.2) is 5.82 Å². The Hall–Kier alpha value is -2.44. The van der Waals surface area contributed by atoms with Crippen molar-refractivity contribution in [1.82, 2.24) is 25.9 Å². The number of carbonyl (C=O) groups is 1. The number of carbonyl (C=O) groups excluding carboxylic acids is 1. The Kier molecular flexibility index (Phi) is 5.25. The van der Waals surface area contributed by atoms with Gasteiger partial charge in [-0.2, -0.15) is 5.21 Å². The number of rotatable bonds is 7. The molecule has 1 heterocycles. The van der Waals surface area contributed by atoms with Crippen molar-refractivity contribution >= 4 is 5.91 Å². The minimum absolute atomic E-state index is 0.0554. The molecule has 2 aromatic rings. The van der Waals surface area contributed by atoms with Crippen LogP contribution in [0.1, 0.15) is 37.2 Å². The van der Waals surface area contributed by atoms with E-state index in [1.54, 1.807) is 0 Å². The van der Waals surface area contributed by atoms with E-state index >= 15 is 0 Å². The van der Waals surface area contributed by atoms with E-state index in [0.29, 0.717) is 25.3 Å². The molecule has 7 nitrogen and oxygen atoms in total. The number of aryl methyl sites for hydroxylation is 1. The van der Waals surface area contributed by atoms with Gasteiger partial charge in [0, 0.05) is 6.42 Å². The smallest absolute Gasteiger partial charge is 0.220 e. The zero-order chi connectivity index (χ0) is 15.1. The number of hydrogen-bond donors (Lipinski definition) is 2. The van der Waals surface area contributed by atoms with Crippen molar-refractivity contribution in [3.8, 4) is 5.75 Å². The molecular formula is C14H19N5O2. The standard InChI is InChI=1S/C14H19N5O2/c1-10-5-3-6-12(9-10)21-8-4-7-13(20)15-11(2)14-16-18-19-17-14/h3,5-6,9,11H,4,7-8H2,1-2H3,(H,15,20)(H,16,17,18,19). The second kappa shape index (κ2) is 7.37. The average molecular weight is 289 g/mol. The van der Waals surface area contributed by atoms with Crippen LogP contribution in [0.25, 0.3) is 0 Å². The molecule has 112 valence electrons. The van der Waals surface area contributed by atoms with Crippen LogP contribution in [-0.2, 0) is 4.79 Å². The number of H-pyrrole nitrogens is 1. The zero-order valence-electron chi connectivity index (χ0n) is 12.2. The molecule has 0 fully saturated rings. The van der Waals surface area contributed by atoms with E-state index < -0.39 is 0 Å². The number of nitrogens with one attached hydrogen (secondary N) is 2. The highest BCUT2D eigenvalue weighted by molar-refractivity contribution is 5.76. The summed E-state index contributed by atoms with van der Waals surface area (Å²) >= 11 is 0. The van der Waals surface area contributed by atoms with Gasteiger partial charge in [-0.1, -0.05) is 17.3 Å². The maximum Gasteiger partial charge on any atom is 0.220 e. The lowest BCUT2D eigenvalue weighted by molar-refractivity contribution is -0.122. The van der Waals surface area contributed by atoms with Gasteiger partial charge in [0.25, 0.3) is 0 Å². The fourth-order valence-corrected chi connectivity index (χ4v) is 1.86. The Morgan fingerprint density at radius 3 is 3.05 bits per heavy atom. The van der Waals surface area contributed by atoms with Gasteiger partial charge in [-0.3, -0.25) is 4.79 Å². The molecule has 1 aromatic heterocycles. The lowest BCUT2D eigenvalue weighted by Gasteiger charge is -2.10. The zero-order valence-corrected chi connectivity index (χ0v) is 12.2. The van der Waals surface area contributed by atoms with Gasteiger partial charge in [0.1, 0.15) is 5.75 Å². The summed E-state index contributed by atoms with van der Waals surface area (Å²) in [5, 5.41) is 16.3. The summed E-state index contributed by atoms with van der Waals surface area (Å²) in [4.78, 5) is 11.8. The molecule has 7 heteroatoms. The summed E-state index contributed by atoms with van der Waals surface area (Å²) < 4.78 is 5.59. The molecule has 2 N–H and O–H groups in total. The minimum atomic E-state index is -0.256. The molecule has 1 atom stereocenters. The van der Waals surface area contributed by atoms with E-state index in [1.807, 2.05) is 38.1 Å². The van der Waals surface area contributed by atoms with Crippen LogP contribution in [0.3, 0.4) is 0 Å². The lowest BCUT2D eigenvalue weighted by Crippen LogP contribution is -2.27. The Labute approximate surface area is 123 Å². The lowest BCUT2D eigenvalue weighted by atomic mass is 10.2. The van der Waals surface area contributed by atoms with Crippen molar-refractivity contribution in [2.24, 2.45) is 0 Å². The van der Waals surface area contributed by atoms with Gasteiger partial charge in [-0.25, -0.2) is 0 Å². The van der Waals surface area contributed by atoms with Crippen LogP contribution in [-0.4, -0.2) is 33.1 Å². The normalized spacial score (nSPS) is 11.9. The van der Waals surface area contributed by atoms with Gasteiger partial charge in [0.05, 0.1) is 12.6 Å². The van der Waals surface area contributed by atoms with Crippen molar-refractivity contribution < 1.29 is 9.53 Å². The molecule has 0 radical (unpaired) electrons. The number of aromatic amines is 1. The summed E-state index contributed by atoms with van der Waals surface area (Å²) in [6, 6.07) is 7.59. The van der Waals surface area contributed by atoms with Gasteiger partial charge in [-0.15, -0.1) is 10.2 Å². The Bertz CT molecular complexity index is 571. The first-order chi connectivity index (χ1) is 10.1. The number of ether oxygens (including phenoxy) is 1. The second-order valence-corrected chi connectivity index (χ2v) is 4.83. The number of tetrazole rings is 1. The monoisotopic (exact) mass is 289 g/mol. The SMILES string of the molecule is Cc1cccc(OCCCC(=O)NC(C)c2nn[nH]n2)c1. The van der Waals surface area contributed by atoms with Crippen molar-refractivity contribution in [2.45, 2.75) is 32.7 Å². The molecule has 0 saturated carbocycles. The predicted octanol–water partition coefficient (Wildman–Crippen LogP) is 1.54. The maximum atomic E-state index is 11.8. The topological polar surface area (TPSA) is 92.8 Å². The molecule has 1 amide bonds. The van der Waals surface area contributed by atoms with E-state index in [2.05, 4.69) is 25.9 Å². The molecule has 0 aliphatic carbocycles. The summed E-state index contributed by atoms with van der Waals surface area (Å²) in [6.07, 6.45) is 1.05. The van der Waals surface area contributed by atoms with E-state index in [0.717, 1.165) is 11.3 Å². The molecular weight excluding hydrogens is 270 g/mol. The number of aromatic nitrogens is 4. The first-order valence-electron chi connectivity index (χ1n) is 6.87. The number of benzene rings is 1. The summed E-state index contributed by atoms with van der Waals surface area (Å²) in [5.41, 5.74) is 1.15. The quantitative estimate of drug-likeness (QED) is 0.754. The highest BCUT2D eigenvalue weighted by Gasteiger charge is 2.12. The molecule has 21 heavy (non-hydrogen) atoms.